The first-order valence-corrected chi connectivity index (χ1v) is 16.0. The zero-order valence-electron chi connectivity index (χ0n) is 26.7. The van der Waals surface area contributed by atoms with Gasteiger partial charge in [0.2, 0.25) is 5.43 Å². The van der Waals surface area contributed by atoms with E-state index in [4.69, 9.17) is 14.2 Å². The molecule has 3 aromatic carbocycles. The molecule has 3 aliphatic heterocycles. The SMILES string of the molecule is CC(C)(C)OC(=O)N[C@@H]1CCN(c2c(F)cc3c(=O)c(C(=O)NCCN4CCOCC4)cn4c3c2Oc2cc3ccccc3cc2-4)C1. The molecule has 0 saturated carbocycles. The third-order valence-corrected chi connectivity index (χ3v) is 8.76. The van der Waals surface area contributed by atoms with Gasteiger partial charge in [0.1, 0.15) is 22.4 Å². The highest BCUT2D eigenvalue weighted by Crippen LogP contribution is 2.48. The van der Waals surface area contributed by atoms with Gasteiger partial charge in [-0.1, -0.05) is 24.3 Å². The van der Waals surface area contributed by atoms with Gasteiger partial charge in [0.05, 0.1) is 30.3 Å². The largest absolute Gasteiger partial charge is 0.451 e. The van der Waals surface area contributed by atoms with Gasteiger partial charge in [-0.15, -0.1) is 0 Å². The van der Waals surface area contributed by atoms with Crippen molar-refractivity contribution in [2.24, 2.45) is 0 Å². The average molecular weight is 644 g/mol. The van der Waals surface area contributed by atoms with E-state index in [1.807, 2.05) is 41.3 Å². The van der Waals surface area contributed by atoms with Gasteiger partial charge in [0, 0.05) is 45.5 Å². The molecule has 3 aliphatic rings. The van der Waals surface area contributed by atoms with E-state index in [1.165, 1.54) is 12.3 Å². The van der Waals surface area contributed by atoms with Crippen molar-refractivity contribution >= 4 is 39.4 Å². The molecule has 2 amide bonds. The van der Waals surface area contributed by atoms with Crippen LogP contribution in [0.15, 0.2) is 53.5 Å². The van der Waals surface area contributed by atoms with Crippen molar-refractivity contribution in [2.45, 2.75) is 38.8 Å². The zero-order valence-corrected chi connectivity index (χ0v) is 26.7. The number of benzene rings is 3. The number of hydrogen-bond donors (Lipinski definition) is 2. The van der Waals surface area contributed by atoms with E-state index >= 15 is 4.39 Å². The second kappa shape index (κ2) is 12.2. The van der Waals surface area contributed by atoms with Crippen LogP contribution in [0, 0.1) is 5.82 Å². The lowest BCUT2D eigenvalue weighted by Crippen LogP contribution is -2.42. The smallest absolute Gasteiger partial charge is 0.407 e. The number of nitrogens with zero attached hydrogens (tertiary/aromatic N) is 3. The monoisotopic (exact) mass is 643 g/mol. The quantitative estimate of drug-likeness (QED) is 0.277. The zero-order chi connectivity index (χ0) is 32.9. The molecule has 1 aromatic heterocycles. The molecule has 0 spiro atoms. The highest BCUT2D eigenvalue weighted by atomic mass is 19.1. The van der Waals surface area contributed by atoms with Gasteiger partial charge >= 0.3 is 6.09 Å². The molecule has 0 radical (unpaired) electrons. The van der Waals surface area contributed by atoms with Crippen molar-refractivity contribution in [3.05, 3.63) is 70.3 Å². The Bertz CT molecular complexity index is 1950. The summed E-state index contributed by atoms with van der Waals surface area (Å²) in [6.07, 6.45) is 1.56. The first-order valence-electron chi connectivity index (χ1n) is 16.0. The van der Waals surface area contributed by atoms with E-state index < -0.39 is 28.8 Å². The van der Waals surface area contributed by atoms with Gasteiger partial charge < -0.3 is 34.3 Å². The molecule has 4 heterocycles. The Morgan fingerprint density at radius 2 is 1.81 bits per heavy atom. The fraction of sp³-hybridized carbons (Fsp3) is 0.400. The number of amides is 2. The number of pyridine rings is 1. The molecule has 2 N–H and O–H groups in total. The fourth-order valence-corrected chi connectivity index (χ4v) is 6.55. The first-order chi connectivity index (χ1) is 22.6. The number of morpholine rings is 1. The molecule has 0 unspecified atom stereocenters. The lowest BCUT2D eigenvalue weighted by molar-refractivity contribution is 0.0383. The average Bonchev–Trinajstić information content (AvgIpc) is 3.48. The molecule has 2 saturated heterocycles. The summed E-state index contributed by atoms with van der Waals surface area (Å²) in [5, 5.41) is 7.68. The highest BCUT2D eigenvalue weighted by molar-refractivity contribution is 6.02. The van der Waals surface area contributed by atoms with Crippen LogP contribution in [0.1, 0.15) is 37.6 Å². The Hall–Kier alpha value is -4.68. The number of carbonyl (C=O) groups is 2. The van der Waals surface area contributed by atoms with Crippen LogP contribution in [0.2, 0.25) is 0 Å². The minimum absolute atomic E-state index is 0.0449. The van der Waals surface area contributed by atoms with Gasteiger partial charge in [-0.05, 0) is 56.2 Å². The minimum Gasteiger partial charge on any atom is -0.451 e. The van der Waals surface area contributed by atoms with E-state index in [-0.39, 0.29) is 28.4 Å². The van der Waals surface area contributed by atoms with Gasteiger partial charge in [-0.2, -0.15) is 0 Å². The molecule has 7 rings (SSSR count). The molecule has 246 valence electrons. The lowest BCUT2D eigenvalue weighted by atomic mass is 10.0. The van der Waals surface area contributed by atoms with Crippen molar-refractivity contribution < 1.29 is 28.2 Å². The molecule has 0 bridgehead atoms. The molecule has 0 aliphatic carbocycles. The number of aromatic nitrogens is 1. The maximum Gasteiger partial charge on any atom is 0.407 e. The van der Waals surface area contributed by atoms with Crippen LogP contribution >= 0.6 is 0 Å². The van der Waals surface area contributed by atoms with Crippen molar-refractivity contribution in [3.8, 4) is 17.2 Å². The Morgan fingerprint density at radius 1 is 1.06 bits per heavy atom. The Morgan fingerprint density at radius 3 is 2.55 bits per heavy atom. The molecule has 47 heavy (non-hydrogen) atoms. The summed E-state index contributed by atoms with van der Waals surface area (Å²) in [6, 6.07) is 12.5. The molecule has 12 heteroatoms. The van der Waals surface area contributed by atoms with E-state index in [9.17, 15) is 14.4 Å². The van der Waals surface area contributed by atoms with Crippen molar-refractivity contribution in [2.75, 3.05) is 57.4 Å². The molecule has 1 atom stereocenters. The van der Waals surface area contributed by atoms with Gasteiger partial charge in [-0.3, -0.25) is 14.5 Å². The predicted molar refractivity (Wildman–Crippen MR) is 177 cm³/mol. The standard InChI is InChI=1S/C35H38FN5O6/c1-35(2,3)47-34(44)38-23-8-10-40(19-23)30-26(36)18-24-29-32(30)46-28-17-22-7-5-4-6-21(22)16-27(28)41(29)20-25(31(24)42)33(43)37-9-11-39-12-14-45-15-13-39/h4-7,16-18,20,23H,8-15,19H2,1-3H3,(H,37,43)(H,38,44)/t23-/m1/s1. The maximum absolute atomic E-state index is 16.2. The third-order valence-electron chi connectivity index (χ3n) is 8.76. The van der Waals surface area contributed by atoms with Crippen LogP contribution in [0.25, 0.3) is 27.4 Å². The molecular formula is C35H38FN5O6. The number of alkyl carbamates (subject to hydrolysis) is 1. The molecule has 2 fully saturated rings. The normalized spacial score (nSPS) is 17.8. The Kier molecular flexibility index (Phi) is 8.01. The number of hydrogen-bond acceptors (Lipinski definition) is 8. The number of anilines is 1. The van der Waals surface area contributed by atoms with E-state index in [0.29, 0.717) is 62.8 Å². The Balaban J connectivity index is 1.28. The van der Waals surface area contributed by atoms with Crippen molar-refractivity contribution in [3.63, 3.8) is 0 Å². The summed E-state index contributed by atoms with van der Waals surface area (Å²) in [4.78, 5) is 43.8. The summed E-state index contributed by atoms with van der Waals surface area (Å²) in [6.45, 7) is 9.97. The summed E-state index contributed by atoms with van der Waals surface area (Å²) in [5.41, 5.74) is -0.105. The fourth-order valence-electron chi connectivity index (χ4n) is 6.55. The van der Waals surface area contributed by atoms with Crippen LogP contribution < -0.4 is 25.7 Å². The summed E-state index contributed by atoms with van der Waals surface area (Å²) >= 11 is 0. The van der Waals surface area contributed by atoms with Gasteiger partial charge in [0.15, 0.2) is 17.3 Å². The number of nitrogens with one attached hydrogen (secondary N) is 2. The van der Waals surface area contributed by atoms with Crippen molar-refractivity contribution in [1.29, 1.82) is 0 Å². The van der Waals surface area contributed by atoms with Gasteiger partial charge in [0.25, 0.3) is 5.91 Å². The number of fused-ring (bicyclic) bond motifs is 3. The van der Waals surface area contributed by atoms with E-state index in [1.54, 1.807) is 25.3 Å². The van der Waals surface area contributed by atoms with Crippen LogP contribution in [0.5, 0.6) is 11.5 Å². The van der Waals surface area contributed by atoms with Gasteiger partial charge in [-0.25, -0.2) is 9.18 Å². The number of rotatable bonds is 6. The number of carbonyl (C=O) groups excluding carboxylic acids is 2. The maximum atomic E-state index is 16.2. The minimum atomic E-state index is -0.650. The highest BCUT2D eigenvalue weighted by Gasteiger charge is 2.34. The van der Waals surface area contributed by atoms with Crippen LogP contribution in [-0.4, -0.2) is 85.6 Å². The third kappa shape index (κ3) is 6.10. The molecule has 11 nitrogen and oxygen atoms in total. The second-order valence-corrected chi connectivity index (χ2v) is 13.2. The molecular weight excluding hydrogens is 605 g/mol. The van der Waals surface area contributed by atoms with Crippen LogP contribution in [0.3, 0.4) is 0 Å². The predicted octanol–water partition coefficient (Wildman–Crippen LogP) is 4.55. The number of halogens is 1. The van der Waals surface area contributed by atoms with Crippen molar-refractivity contribution in [1.82, 2.24) is 20.1 Å². The lowest BCUT2D eigenvalue weighted by Gasteiger charge is -2.29. The summed E-state index contributed by atoms with van der Waals surface area (Å²) < 4.78 is 35.3. The van der Waals surface area contributed by atoms with E-state index in [0.717, 1.165) is 23.9 Å². The van der Waals surface area contributed by atoms with E-state index in [2.05, 4.69) is 15.5 Å². The number of ether oxygens (including phenoxy) is 3. The second-order valence-electron chi connectivity index (χ2n) is 13.2. The summed E-state index contributed by atoms with van der Waals surface area (Å²) in [5.74, 6) is -0.515. The molecule has 4 aromatic rings. The topological polar surface area (TPSA) is 114 Å². The van der Waals surface area contributed by atoms with Crippen LogP contribution in [0.4, 0.5) is 14.9 Å². The summed E-state index contributed by atoms with van der Waals surface area (Å²) in [7, 11) is 0. The Labute approximate surface area is 271 Å². The first kappa shape index (κ1) is 30.9. The van der Waals surface area contributed by atoms with Crippen LogP contribution in [-0.2, 0) is 9.47 Å².